The third-order valence-electron chi connectivity index (χ3n) is 4.12. The van der Waals surface area contributed by atoms with Crippen molar-refractivity contribution in [1.29, 1.82) is 0 Å². The topological polar surface area (TPSA) is 67.4 Å². The minimum Gasteiger partial charge on any atom is -0.465 e. The van der Waals surface area contributed by atoms with Crippen LogP contribution in [0.4, 0.5) is 5.69 Å². The zero-order valence-corrected chi connectivity index (χ0v) is 16.7. The van der Waals surface area contributed by atoms with Crippen molar-refractivity contribution >= 4 is 33.5 Å². The van der Waals surface area contributed by atoms with Gasteiger partial charge in [-0.3, -0.25) is 4.79 Å². The van der Waals surface area contributed by atoms with Crippen LogP contribution in [0.15, 0.2) is 46.9 Å². The molecule has 0 heterocycles. The summed E-state index contributed by atoms with van der Waals surface area (Å²) in [6.07, 6.45) is 0.867. The Hall–Kier alpha value is -2.18. The molecule has 0 aliphatic carbocycles. The van der Waals surface area contributed by atoms with Crippen LogP contribution in [0.1, 0.15) is 40.9 Å². The fourth-order valence-corrected chi connectivity index (χ4v) is 2.87. The zero-order chi connectivity index (χ0) is 19.1. The number of rotatable bonds is 7. The first-order valence-electron chi connectivity index (χ1n) is 8.42. The molecule has 2 aromatic rings. The SMILES string of the molecule is CC[C@@H](NCC(=O)Nc1cc(C(=O)OC)ccc1C)c1ccc(Br)cc1. The Kier molecular flexibility index (Phi) is 7.36. The van der Waals surface area contributed by atoms with Crippen LogP contribution in [0.5, 0.6) is 0 Å². The number of halogens is 1. The third kappa shape index (κ3) is 5.41. The molecule has 2 N–H and O–H groups in total. The molecule has 6 heteroatoms. The first-order valence-corrected chi connectivity index (χ1v) is 9.21. The van der Waals surface area contributed by atoms with E-state index in [0.29, 0.717) is 11.3 Å². The molecule has 5 nitrogen and oxygen atoms in total. The van der Waals surface area contributed by atoms with Crippen molar-refractivity contribution in [2.75, 3.05) is 19.0 Å². The number of benzene rings is 2. The Morgan fingerprint density at radius 3 is 2.46 bits per heavy atom. The molecule has 0 saturated heterocycles. The monoisotopic (exact) mass is 418 g/mol. The first-order chi connectivity index (χ1) is 12.4. The molecule has 1 amide bonds. The van der Waals surface area contributed by atoms with Gasteiger partial charge in [0.15, 0.2) is 0 Å². The maximum absolute atomic E-state index is 12.3. The van der Waals surface area contributed by atoms with E-state index in [1.54, 1.807) is 18.2 Å². The molecule has 0 radical (unpaired) electrons. The molecular formula is C20H23BrN2O3. The Balaban J connectivity index is 1.99. The number of ether oxygens (including phenoxy) is 1. The van der Waals surface area contributed by atoms with Gasteiger partial charge in [-0.25, -0.2) is 4.79 Å². The smallest absolute Gasteiger partial charge is 0.337 e. The number of anilines is 1. The van der Waals surface area contributed by atoms with Gasteiger partial charge >= 0.3 is 5.97 Å². The van der Waals surface area contributed by atoms with Crippen molar-refractivity contribution in [2.24, 2.45) is 0 Å². The summed E-state index contributed by atoms with van der Waals surface area (Å²) in [4.78, 5) is 24.0. The molecule has 0 spiro atoms. The molecule has 0 fully saturated rings. The maximum atomic E-state index is 12.3. The van der Waals surface area contributed by atoms with Gasteiger partial charge in [-0.2, -0.15) is 0 Å². The second kappa shape index (κ2) is 9.50. The van der Waals surface area contributed by atoms with Crippen LogP contribution in [0, 0.1) is 6.92 Å². The van der Waals surface area contributed by atoms with Crippen LogP contribution in [0.2, 0.25) is 0 Å². The number of carbonyl (C=O) groups is 2. The average Bonchev–Trinajstić information content (AvgIpc) is 2.64. The highest BCUT2D eigenvalue weighted by Crippen LogP contribution is 2.20. The van der Waals surface area contributed by atoms with Crippen LogP contribution in [0.3, 0.4) is 0 Å². The Morgan fingerprint density at radius 2 is 1.85 bits per heavy atom. The first kappa shape index (κ1) is 20.1. The number of amides is 1. The number of esters is 1. The van der Waals surface area contributed by atoms with E-state index in [4.69, 9.17) is 4.74 Å². The number of carbonyl (C=O) groups excluding carboxylic acids is 2. The standard InChI is InChI=1S/C20H23BrN2O3/c1-4-17(14-7-9-16(21)10-8-14)22-12-19(24)23-18-11-15(20(25)26-3)6-5-13(18)2/h5-11,17,22H,4,12H2,1-3H3,(H,23,24)/t17-/m1/s1. The van der Waals surface area contributed by atoms with Crippen molar-refractivity contribution in [3.8, 4) is 0 Å². The largest absolute Gasteiger partial charge is 0.465 e. The molecule has 0 saturated carbocycles. The second-order valence-electron chi connectivity index (χ2n) is 5.96. The number of aryl methyl sites for hydroxylation is 1. The van der Waals surface area contributed by atoms with E-state index in [1.165, 1.54) is 7.11 Å². The highest BCUT2D eigenvalue weighted by molar-refractivity contribution is 9.10. The van der Waals surface area contributed by atoms with Gasteiger partial charge in [-0.15, -0.1) is 0 Å². The number of nitrogens with one attached hydrogen (secondary N) is 2. The van der Waals surface area contributed by atoms with Gasteiger partial charge in [0.05, 0.1) is 19.2 Å². The lowest BCUT2D eigenvalue weighted by Crippen LogP contribution is -2.31. The lowest BCUT2D eigenvalue weighted by molar-refractivity contribution is -0.115. The Bertz CT molecular complexity index is 775. The predicted molar refractivity (Wildman–Crippen MR) is 106 cm³/mol. The molecule has 0 bridgehead atoms. The molecule has 0 aliphatic rings. The summed E-state index contributed by atoms with van der Waals surface area (Å²) in [5, 5.41) is 6.13. The summed E-state index contributed by atoms with van der Waals surface area (Å²) in [6, 6.07) is 13.2. The molecule has 0 aliphatic heterocycles. The van der Waals surface area contributed by atoms with E-state index in [-0.39, 0.29) is 18.5 Å². The van der Waals surface area contributed by atoms with Crippen molar-refractivity contribution in [3.05, 3.63) is 63.6 Å². The van der Waals surface area contributed by atoms with Gasteiger partial charge in [-0.1, -0.05) is 41.1 Å². The number of hydrogen-bond donors (Lipinski definition) is 2. The third-order valence-corrected chi connectivity index (χ3v) is 4.65. The normalized spacial score (nSPS) is 11.7. The van der Waals surface area contributed by atoms with Gasteiger partial charge in [-0.05, 0) is 48.7 Å². The van der Waals surface area contributed by atoms with E-state index >= 15 is 0 Å². The molecule has 138 valence electrons. The summed E-state index contributed by atoms with van der Waals surface area (Å²) in [7, 11) is 1.33. The summed E-state index contributed by atoms with van der Waals surface area (Å²) in [5.74, 6) is -0.592. The maximum Gasteiger partial charge on any atom is 0.337 e. The molecule has 2 rings (SSSR count). The van der Waals surface area contributed by atoms with E-state index in [0.717, 1.165) is 22.0 Å². The van der Waals surface area contributed by atoms with Crippen molar-refractivity contribution in [1.82, 2.24) is 5.32 Å². The zero-order valence-electron chi connectivity index (χ0n) is 15.1. The highest BCUT2D eigenvalue weighted by Gasteiger charge is 2.13. The lowest BCUT2D eigenvalue weighted by Gasteiger charge is -2.18. The summed E-state index contributed by atoms with van der Waals surface area (Å²) >= 11 is 3.43. The summed E-state index contributed by atoms with van der Waals surface area (Å²) in [6.45, 7) is 4.12. The summed E-state index contributed by atoms with van der Waals surface area (Å²) in [5.41, 5.74) is 3.03. The van der Waals surface area contributed by atoms with Crippen LogP contribution in [-0.4, -0.2) is 25.5 Å². The molecule has 0 aromatic heterocycles. The minimum atomic E-state index is -0.431. The van der Waals surface area contributed by atoms with Crippen LogP contribution < -0.4 is 10.6 Å². The van der Waals surface area contributed by atoms with Gasteiger partial charge in [0.25, 0.3) is 0 Å². The van der Waals surface area contributed by atoms with Crippen molar-refractivity contribution in [2.45, 2.75) is 26.3 Å². The van der Waals surface area contributed by atoms with E-state index in [1.807, 2.05) is 31.2 Å². The van der Waals surface area contributed by atoms with Crippen LogP contribution >= 0.6 is 15.9 Å². The molecule has 0 unspecified atom stereocenters. The number of hydrogen-bond acceptors (Lipinski definition) is 4. The minimum absolute atomic E-state index is 0.0938. The molecule has 26 heavy (non-hydrogen) atoms. The Labute approximate surface area is 162 Å². The van der Waals surface area contributed by atoms with E-state index < -0.39 is 5.97 Å². The summed E-state index contributed by atoms with van der Waals surface area (Å²) < 4.78 is 5.74. The molecule has 2 aromatic carbocycles. The van der Waals surface area contributed by atoms with Gasteiger partial charge < -0.3 is 15.4 Å². The number of methoxy groups -OCH3 is 1. The fraction of sp³-hybridized carbons (Fsp3) is 0.300. The van der Waals surface area contributed by atoms with Gasteiger partial charge in [0, 0.05) is 16.2 Å². The van der Waals surface area contributed by atoms with Crippen molar-refractivity contribution < 1.29 is 14.3 Å². The lowest BCUT2D eigenvalue weighted by atomic mass is 10.0. The Morgan fingerprint density at radius 1 is 1.15 bits per heavy atom. The van der Waals surface area contributed by atoms with Gasteiger partial charge in [0.2, 0.25) is 5.91 Å². The average molecular weight is 419 g/mol. The second-order valence-corrected chi connectivity index (χ2v) is 6.88. The van der Waals surface area contributed by atoms with E-state index in [2.05, 4.69) is 33.5 Å². The molecule has 1 atom stereocenters. The highest BCUT2D eigenvalue weighted by atomic mass is 79.9. The predicted octanol–water partition coefficient (Wildman–Crippen LogP) is 4.22. The van der Waals surface area contributed by atoms with Crippen molar-refractivity contribution in [3.63, 3.8) is 0 Å². The van der Waals surface area contributed by atoms with Crippen LogP contribution in [-0.2, 0) is 9.53 Å². The molecular weight excluding hydrogens is 396 g/mol. The van der Waals surface area contributed by atoms with Crippen LogP contribution in [0.25, 0.3) is 0 Å². The van der Waals surface area contributed by atoms with Gasteiger partial charge in [0.1, 0.15) is 0 Å². The fourth-order valence-electron chi connectivity index (χ4n) is 2.60. The van der Waals surface area contributed by atoms with E-state index in [9.17, 15) is 9.59 Å². The quantitative estimate of drug-likeness (QED) is 0.660.